The number of nitrogens with two attached hydrogens (primary N) is 1. The van der Waals surface area contributed by atoms with E-state index in [1.807, 2.05) is 24.3 Å². The maximum atomic E-state index is 11.5. The van der Waals surface area contributed by atoms with Crippen LogP contribution in [0, 0.1) is 6.92 Å². The first-order valence-electron chi connectivity index (χ1n) is 7.18. The van der Waals surface area contributed by atoms with Crippen molar-refractivity contribution in [1.82, 2.24) is 0 Å². The molecule has 0 aliphatic carbocycles. The molecule has 2 aromatic rings. The summed E-state index contributed by atoms with van der Waals surface area (Å²) in [6.45, 7) is 4.25. The molecule has 0 amide bonds. The van der Waals surface area contributed by atoms with Gasteiger partial charge in [-0.05, 0) is 36.6 Å². The third-order valence-electron chi connectivity index (χ3n) is 3.36. The van der Waals surface area contributed by atoms with Gasteiger partial charge in [-0.2, -0.15) is 0 Å². The minimum absolute atomic E-state index is 0.200. The van der Waals surface area contributed by atoms with Crippen molar-refractivity contribution >= 4 is 5.97 Å². The first kappa shape index (κ1) is 15.3. The van der Waals surface area contributed by atoms with E-state index >= 15 is 0 Å². The van der Waals surface area contributed by atoms with E-state index in [9.17, 15) is 4.79 Å². The Morgan fingerprint density at radius 2 is 1.81 bits per heavy atom. The molecular weight excluding hydrogens is 262 g/mol. The lowest BCUT2D eigenvalue weighted by Gasteiger charge is -2.13. The summed E-state index contributed by atoms with van der Waals surface area (Å²) in [6.07, 6.45) is 0.200. The Kier molecular flexibility index (Phi) is 5.12. The van der Waals surface area contributed by atoms with Crippen molar-refractivity contribution in [3.05, 3.63) is 59.7 Å². The standard InChI is InChI=1S/C18H21NO2/c1-3-21-18(20)12-17(19)16-9-5-8-15(11-16)14-7-4-6-13(2)10-14/h4-11,17H,3,12,19H2,1-2H3. The van der Waals surface area contributed by atoms with E-state index in [0.717, 1.165) is 16.7 Å². The minimum atomic E-state index is -0.339. The van der Waals surface area contributed by atoms with Crippen LogP contribution in [-0.2, 0) is 9.53 Å². The number of rotatable bonds is 5. The molecule has 0 saturated heterocycles. The van der Waals surface area contributed by atoms with Gasteiger partial charge in [-0.25, -0.2) is 0 Å². The smallest absolute Gasteiger partial charge is 0.307 e. The minimum Gasteiger partial charge on any atom is -0.466 e. The summed E-state index contributed by atoms with van der Waals surface area (Å²) in [4.78, 5) is 11.5. The van der Waals surface area contributed by atoms with Crippen molar-refractivity contribution in [3.8, 4) is 11.1 Å². The predicted octanol–water partition coefficient (Wildman–Crippen LogP) is 3.62. The van der Waals surface area contributed by atoms with Crippen molar-refractivity contribution < 1.29 is 9.53 Å². The summed E-state index contributed by atoms with van der Waals surface area (Å²) in [6, 6.07) is 16.0. The number of esters is 1. The van der Waals surface area contributed by atoms with Crippen LogP contribution < -0.4 is 5.73 Å². The van der Waals surface area contributed by atoms with Gasteiger partial charge in [-0.15, -0.1) is 0 Å². The molecule has 0 fully saturated rings. The predicted molar refractivity (Wildman–Crippen MR) is 84.8 cm³/mol. The van der Waals surface area contributed by atoms with Gasteiger partial charge in [0, 0.05) is 6.04 Å². The molecule has 0 aliphatic rings. The Balaban J connectivity index is 2.19. The number of carbonyl (C=O) groups is 1. The number of hydrogen-bond donors (Lipinski definition) is 1. The molecule has 0 bridgehead atoms. The summed E-state index contributed by atoms with van der Waals surface area (Å²) < 4.78 is 4.95. The topological polar surface area (TPSA) is 52.3 Å². The SMILES string of the molecule is CCOC(=O)CC(N)c1cccc(-c2cccc(C)c2)c1. The zero-order valence-corrected chi connectivity index (χ0v) is 12.5. The van der Waals surface area contributed by atoms with E-state index < -0.39 is 0 Å². The largest absolute Gasteiger partial charge is 0.466 e. The molecule has 3 heteroatoms. The quantitative estimate of drug-likeness (QED) is 0.853. The number of hydrogen-bond acceptors (Lipinski definition) is 3. The van der Waals surface area contributed by atoms with Crippen molar-refractivity contribution in [2.75, 3.05) is 6.61 Å². The van der Waals surface area contributed by atoms with Gasteiger partial charge in [0.15, 0.2) is 0 Å². The fraction of sp³-hybridized carbons (Fsp3) is 0.278. The summed E-state index contributed by atoms with van der Waals surface area (Å²) in [5, 5.41) is 0. The molecule has 110 valence electrons. The Bertz CT molecular complexity index is 622. The number of aryl methyl sites for hydroxylation is 1. The van der Waals surface area contributed by atoms with Gasteiger partial charge >= 0.3 is 5.97 Å². The van der Waals surface area contributed by atoms with E-state index in [1.54, 1.807) is 6.92 Å². The van der Waals surface area contributed by atoms with Gasteiger partial charge < -0.3 is 10.5 Å². The van der Waals surface area contributed by atoms with Crippen LogP contribution in [-0.4, -0.2) is 12.6 Å². The molecular formula is C18H21NO2. The molecule has 0 saturated carbocycles. The Hall–Kier alpha value is -2.13. The molecule has 0 aliphatic heterocycles. The van der Waals surface area contributed by atoms with Crippen LogP contribution in [0.25, 0.3) is 11.1 Å². The van der Waals surface area contributed by atoms with Crippen molar-refractivity contribution in [3.63, 3.8) is 0 Å². The molecule has 21 heavy (non-hydrogen) atoms. The van der Waals surface area contributed by atoms with Crippen LogP contribution in [0.2, 0.25) is 0 Å². The third kappa shape index (κ3) is 4.17. The second-order valence-electron chi connectivity index (χ2n) is 5.11. The fourth-order valence-corrected chi connectivity index (χ4v) is 2.29. The van der Waals surface area contributed by atoms with Crippen LogP contribution in [0.4, 0.5) is 0 Å². The zero-order valence-electron chi connectivity index (χ0n) is 12.5. The van der Waals surface area contributed by atoms with Crippen LogP contribution >= 0.6 is 0 Å². The summed E-state index contributed by atoms with van der Waals surface area (Å²) in [5.41, 5.74) is 10.5. The van der Waals surface area contributed by atoms with E-state index in [4.69, 9.17) is 10.5 Å². The van der Waals surface area contributed by atoms with E-state index in [2.05, 4.69) is 31.2 Å². The molecule has 2 rings (SSSR count). The van der Waals surface area contributed by atoms with Crippen molar-refractivity contribution in [2.24, 2.45) is 5.73 Å². The van der Waals surface area contributed by atoms with Gasteiger partial charge in [0.25, 0.3) is 0 Å². The highest BCUT2D eigenvalue weighted by atomic mass is 16.5. The van der Waals surface area contributed by atoms with Gasteiger partial charge in [-0.3, -0.25) is 4.79 Å². The van der Waals surface area contributed by atoms with Crippen LogP contribution in [0.3, 0.4) is 0 Å². The number of ether oxygens (including phenoxy) is 1. The summed E-state index contributed by atoms with van der Waals surface area (Å²) >= 11 is 0. The monoisotopic (exact) mass is 283 g/mol. The summed E-state index contributed by atoms with van der Waals surface area (Å²) in [5.74, 6) is -0.258. The second-order valence-corrected chi connectivity index (χ2v) is 5.11. The highest BCUT2D eigenvalue weighted by Crippen LogP contribution is 2.24. The molecule has 2 aromatic carbocycles. The lowest BCUT2D eigenvalue weighted by molar-refractivity contribution is -0.143. The van der Waals surface area contributed by atoms with Gasteiger partial charge in [0.2, 0.25) is 0 Å². The van der Waals surface area contributed by atoms with Crippen molar-refractivity contribution in [2.45, 2.75) is 26.3 Å². The third-order valence-corrected chi connectivity index (χ3v) is 3.36. The van der Waals surface area contributed by atoms with E-state index in [0.29, 0.717) is 6.61 Å². The van der Waals surface area contributed by atoms with Gasteiger partial charge in [-0.1, -0.05) is 48.0 Å². The summed E-state index contributed by atoms with van der Waals surface area (Å²) in [7, 11) is 0. The van der Waals surface area contributed by atoms with Crippen molar-refractivity contribution in [1.29, 1.82) is 0 Å². The molecule has 0 radical (unpaired) electrons. The number of carbonyl (C=O) groups excluding carboxylic acids is 1. The lowest BCUT2D eigenvalue weighted by atomic mass is 9.97. The zero-order chi connectivity index (χ0) is 15.2. The second kappa shape index (κ2) is 7.04. The molecule has 2 N–H and O–H groups in total. The lowest BCUT2D eigenvalue weighted by Crippen LogP contribution is -2.17. The fourth-order valence-electron chi connectivity index (χ4n) is 2.29. The van der Waals surface area contributed by atoms with Crippen LogP contribution in [0.1, 0.15) is 30.5 Å². The highest BCUT2D eigenvalue weighted by Gasteiger charge is 2.13. The first-order chi connectivity index (χ1) is 10.1. The molecule has 1 unspecified atom stereocenters. The molecule has 0 spiro atoms. The van der Waals surface area contributed by atoms with Crippen LogP contribution in [0.5, 0.6) is 0 Å². The maximum absolute atomic E-state index is 11.5. The Morgan fingerprint density at radius 1 is 1.14 bits per heavy atom. The molecule has 3 nitrogen and oxygen atoms in total. The average Bonchev–Trinajstić information content (AvgIpc) is 2.47. The maximum Gasteiger partial charge on any atom is 0.307 e. The average molecular weight is 283 g/mol. The Morgan fingerprint density at radius 3 is 2.48 bits per heavy atom. The van der Waals surface area contributed by atoms with Gasteiger partial charge in [0.05, 0.1) is 13.0 Å². The Labute approximate surface area is 125 Å². The highest BCUT2D eigenvalue weighted by molar-refractivity contribution is 5.71. The van der Waals surface area contributed by atoms with Gasteiger partial charge in [0.1, 0.15) is 0 Å². The normalized spacial score (nSPS) is 12.0. The van der Waals surface area contributed by atoms with E-state index in [1.165, 1.54) is 5.56 Å². The molecule has 0 heterocycles. The molecule has 0 aromatic heterocycles. The van der Waals surface area contributed by atoms with E-state index in [-0.39, 0.29) is 18.4 Å². The number of benzene rings is 2. The van der Waals surface area contributed by atoms with Crippen LogP contribution in [0.15, 0.2) is 48.5 Å². The molecule has 1 atom stereocenters. The first-order valence-corrected chi connectivity index (χ1v) is 7.18.